The van der Waals surface area contributed by atoms with Crippen LogP contribution < -0.4 is 14.8 Å². The van der Waals surface area contributed by atoms with E-state index < -0.39 is 11.6 Å². The van der Waals surface area contributed by atoms with Gasteiger partial charge in [-0.15, -0.1) is 0 Å². The van der Waals surface area contributed by atoms with Gasteiger partial charge in [-0.25, -0.2) is 4.39 Å². The molecule has 1 saturated heterocycles. The zero-order valence-corrected chi connectivity index (χ0v) is 14.3. The van der Waals surface area contributed by atoms with Crippen LogP contribution in [0.15, 0.2) is 36.4 Å². The van der Waals surface area contributed by atoms with E-state index in [0.29, 0.717) is 22.3 Å². The van der Waals surface area contributed by atoms with Crippen LogP contribution in [0.5, 0.6) is 11.5 Å². The van der Waals surface area contributed by atoms with Gasteiger partial charge in [0.05, 0.1) is 18.7 Å². The van der Waals surface area contributed by atoms with E-state index in [2.05, 4.69) is 11.4 Å². The Morgan fingerprint density at radius 1 is 1.17 bits per heavy atom. The van der Waals surface area contributed by atoms with Crippen LogP contribution in [0.3, 0.4) is 0 Å². The Hall–Kier alpha value is -1.78. The predicted molar refractivity (Wildman–Crippen MR) is 90.1 cm³/mol. The van der Waals surface area contributed by atoms with Gasteiger partial charge in [-0.2, -0.15) is 0 Å². The third-order valence-electron chi connectivity index (χ3n) is 4.91. The first-order valence-corrected chi connectivity index (χ1v) is 8.73. The molecule has 2 aliphatic rings. The van der Waals surface area contributed by atoms with Gasteiger partial charge in [0.15, 0.2) is 11.5 Å². The first-order valence-electron chi connectivity index (χ1n) is 8.35. The minimum atomic E-state index is -1.17. The predicted octanol–water partition coefficient (Wildman–Crippen LogP) is 3.56. The van der Waals surface area contributed by atoms with E-state index in [-0.39, 0.29) is 0 Å². The number of halogens is 2. The number of ether oxygens (including phenoxy) is 2. The van der Waals surface area contributed by atoms with Crippen LogP contribution in [0.1, 0.15) is 36.8 Å². The minimum Gasteiger partial charge on any atom is -0.444 e. The number of nitrogens with two attached hydrogens (primary N) is 1. The quantitative estimate of drug-likeness (QED) is 0.900. The second-order valence-electron chi connectivity index (χ2n) is 6.59. The molecule has 2 aromatic carbocycles. The lowest BCUT2D eigenvalue weighted by atomic mass is 9.89. The standard InChI is InChI=1S/C19H19ClFNO2/c1-19(15-6-5-13(20)11-16(15)21)23-17-4-2-3-14(18(17)24-19)12-7-9-22-10-8-12/h2-6,11-12,22H,7-10H2,1H3/p+1/t19-/m0/s1. The number of para-hydroxylation sites is 1. The van der Waals surface area contributed by atoms with Gasteiger partial charge in [0.1, 0.15) is 5.82 Å². The molecule has 0 spiro atoms. The summed E-state index contributed by atoms with van der Waals surface area (Å²) in [4.78, 5) is 0. The van der Waals surface area contributed by atoms with Crippen LogP contribution >= 0.6 is 11.6 Å². The fraction of sp³-hybridized carbons (Fsp3) is 0.368. The van der Waals surface area contributed by atoms with Gasteiger partial charge in [-0.05, 0) is 30.2 Å². The highest BCUT2D eigenvalue weighted by Gasteiger charge is 2.42. The maximum Gasteiger partial charge on any atom is 0.278 e. The molecule has 1 fully saturated rings. The van der Waals surface area contributed by atoms with E-state index in [9.17, 15) is 4.39 Å². The van der Waals surface area contributed by atoms with Crippen LogP contribution in [0.4, 0.5) is 4.39 Å². The van der Waals surface area contributed by atoms with E-state index in [1.165, 1.54) is 11.6 Å². The smallest absolute Gasteiger partial charge is 0.278 e. The van der Waals surface area contributed by atoms with Crippen molar-refractivity contribution in [1.82, 2.24) is 0 Å². The molecule has 0 unspecified atom stereocenters. The topological polar surface area (TPSA) is 35.1 Å². The SMILES string of the molecule is C[C@]1(c2ccc(Cl)cc2F)Oc2cccc(C3CC[NH2+]CC3)c2O1. The molecular weight excluding hydrogens is 329 g/mol. The summed E-state index contributed by atoms with van der Waals surface area (Å²) in [6, 6.07) is 10.5. The highest BCUT2D eigenvalue weighted by atomic mass is 35.5. The molecule has 0 amide bonds. The molecule has 126 valence electrons. The van der Waals surface area contributed by atoms with Gasteiger partial charge in [0.25, 0.3) is 5.79 Å². The Kier molecular flexibility index (Phi) is 3.89. The molecule has 0 radical (unpaired) electrons. The lowest BCUT2D eigenvalue weighted by molar-refractivity contribution is -0.663. The average Bonchev–Trinajstić information content (AvgIpc) is 2.92. The Balaban J connectivity index is 1.70. The monoisotopic (exact) mass is 348 g/mol. The van der Waals surface area contributed by atoms with E-state index >= 15 is 0 Å². The summed E-state index contributed by atoms with van der Waals surface area (Å²) < 4.78 is 26.6. The third kappa shape index (κ3) is 2.64. The number of piperidine rings is 1. The molecule has 2 N–H and O–H groups in total. The van der Waals surface area contributed by atoms with Crippen molar-refractivity contribution in [3.05, 3.63) is 58.4 Å². The summed E-state index contributed by atoms with van der Waals surface area (Å²) in [6.07, 6.45) is 2.23. The van der Waals surface area contributed by atoms with Crippen molar-refractivity contribution in [2.24, 2.45) is 0 Å². The fourth-order valence-electron chi connectivity index (χ4n) is 3.67. The first kappa shape index (κ1) is 15.7. The molecule has 0 saturated carbocycles. The van der Waals surface area contributed by atoms with Gasteiger partial charge in [0, 0.05) is 30.4 Å². The molecule has 2 heterocycles. The maximum atomic E-state index is 14.4. The van der Waals surface area contributed by atoms with Gasteiger partial charge < -0.3 is 14.8 Å². The lowest BCUT2D eigenvalue weighted by Crippen LogP contribution is -2.86. The summed E-state index contributed by atoms with van der Waals surface area (Å²) in [6.45, 7) is 3.99. The molecule has 0 aromatic heterocycles. The van der Waals surface area contributed by atoms with E-state index in [1.54, 1.807) is 19.1 Å². The Bertz CT molecular complexity index is 776. The highest BCUT2D eigenvalue weighted by Crippen LogP contribution is 2.49. The van der Waals surface area contributed by atoms with E-state index in [1.807, 2.05) is 12.1 Å². The van der Waals surface area contributed by atoms with Crippen LogP contribution in [-0.2, 0) is 5.79 Å². The van der Waals surface area contributed by atoms with Crippen molar-refractivity contribution in [1.29, 1.82) is 0 Å². The number of benzene rings is 2. The number of fused-ring (bicyclic) bond motifs is 1. The number of hydrogen-bond acceptors (Lipinski definition) is 2. The Morgan fingerprint density at radius 3 is 2.71 bits per heavy atom. The van der Waals surface area contributed by atoms with Crippen LogP contribution in [-0.4, -0.2) is 13.1 Å². The summed E-state index contributed by atoms with van der Waals surface area (Å²) in [5, 5.41) is 2.69. The van der Waals surface area contributed by atoms with Crippen LogP contribution in [0, 0.1) is 5.82 Å². The summed E-state index contributed by atoms with van der Waals surface area (Å²) >= 11 is 5.86. The summed E-state index contributed by atoms with van der Waals surface area (Å²) in [5.74, 6) is 0.297. The fourth-order valence-corrected chi connectivity index (χ4v) is 3.83. The zero-order chi connectivity index (χ0) is 16.7. The van der Waals surface area contributed by atoms with Gasteiger partial charge in [0.2, 0.25) is 0 Å². The highest BCUT2D eigenvalue weighted by molar-refractivity contribution is 6.30. The van der Waals surface area contributed by atoms with Crippen molar-refractivity contribution >= 4 is 11.6 Å². The van der Waals surface area contributed by atoms with E-state index in [0.717, 1.165) is 31.7 Å². The average molecular weight is 349 g/mol. The molecule has 4 rings (SSSR count). The maximum absolute atomic E-state index is 14.4. The van der Waals surface area contributed by atoms with Crippen LogP contribution in [0.2, 0.25) is 5.02 Å². The normalized spacial score (nSPS) is 23.5. The van der Waals surface area contributed by atoms with Gasteiger partial charge >= 0.3 is 0 Å². The largest absolute Gasteiger partial charge is 0.444 e. The summed E-state index contributed by atoms with van der Waals surface area (Å²) in [7, 11) is 0. The third-order valence-corrected chi connectivity index (χ3v) is 5.14. The molecular formula is C19H20ClFNO2+. The number of rotatable bonds is 2. The molecule has 2 aliphatic heterocycles. The summed E-state index contributed by atoms with van der Waals surface area (Å²) in [5.41, 5.74) is 1.52. The van der Waals surface area contributed by atoms with Crippen molar-refractivity contribution in [3.8, 4) is 11.5 Å². The van der Waals surface area contributed by atoms with Crippen LogP contribution in [0.25, 0.3) is 0 Å². The molecule has 3 nitrogen and oxygen atoms in total. The molecule has 24 heavy (non-hydrogen) atoms. The number of hydrogen-bond donors (Lipinski definition) is 1. The first-order chi connectivity index (χ1) is 11.6. The molecule has 5 heteroatoms. The van der Waals surface area contributed by atoms with Crippen molar-refractivity contribution in [2.75, 3.05) is 13.1 Å². The molecule has 0 aliphatic carbocycles. The van der Waals surface area contributed by atoms with Crippen molar-refractivity contribution in [3.63, 3.8) is 0 Å². The Morgan fingerprint density at radius 2 is 1.96 bits per heavy atom. The van der Waals surface area contributed by atoms with Crippen molar-refractivity contribution in [2.45, 2.75) is 31.5 Å². The molecule has 0 bridgehead atoms. The number of quaternary nitrogens is 1. The minimum absolute atomic E-state index is 0.353. The zero-order valence-electron chi connectivity index (χ0n) is 13.5. The lowest BCUT2D eigenvalue weighted by Gasteiger charge is -2.25. The second kappa shape index (κ2) is 5.94. The Labute approximate surface area is 145 Å². The van der Waals surface area contributed by atoms with Crippen molar-refractivity contribution < 1.29 is 19.2 Å². The van der Waals surface area contributed by atoms with E-state index in [4.69, 9.17) is 21.1 Å². The second-order valence-corrected chi connectivity index (χ2v) is 7.03. The van der Waals surface area contributed by atoms with Gasteiger partial charge in [-0.1, -0.05) is 23.7 Å². The molecule has 1 atom stereocenters. The van der Waals surface area contributed by atoms with Gasteiger partial charge in [-0.3, -0.25) is 0 Å². The molecule has 2 aromatic rings.